The van der Waals surface area contributed by atoms with Crippen LogP contribution in [0.1, 0.15) is 24.1 Å². The fourth-order valence-corrected chi connectivity index (χ4v) is 3.10. The average molecular weight is 315 g/mol. The van der Waals surface area contributed by atoms with E-state index in [1.54, 1.807) is 11.3 Å². The molecule has 1 aromatic heterocycles. The molecule has 1 N–H and O–H groups in total. The average Bonchev–Trinajstić information content (AvgIpc) is 3.16. The first kappa shape index (κ1) is 15.2. The molecule has 1 aliphatic rings. The Labute approximate surface area is 135 Å². The molecule has 0 spiro atoms. The zero-order chi connectivity index (χ0) is 15.5. The van der Waals surface area contributed by atoms with Gasteiger partial charge >= 0.3 is 0 Å². The molecule has 0 unspecified atom stereocenters. The van der Waals surface area contributed by atoms with Gasteiger partial charge in [0.1, 0.15) is 5.01 Å². The van der Waals surface area contributed by atoms with Crippen LogP contribution in [-0.2, 0) is 11.3 Å². The molecular weight excluding hydrogens is 294 g/mol. The summed E-state index contributed by atoms with van der Waals surface area (Å²) in [5.41, 5.74) is 3.42. The number of rotatable bonds is 6. The second kappa shape index (κ2) is 6.58. The van der Waals surface area contributed by atoms with E-state index in [1.807, 2.05) is 11.9 Å². The molecule has 116 valence electrons. The van der Waals surface area contributed by atoms with Crippen molar-refractivity contribution in [1.82, 2.24) is 15.2 Å². The van der Waals surface area contributed by atoms with Gasteiger partial charge < -0.3 is 5.32 Å². The Morgan fingerprint density at radius 2 is 2.09 bits per heavy atom. The molecule has 4 nitrogen and oxygen atoms in total. The van der Waals surface area contributed by atoms with Gasteiger partial charge in [-0.1, -0.05) is 29.8 Å². The molecule has 0 atom stereocenters. The fourth-order valence-electron chi connectivity index (χ4n) is 2.29. The van der Waals surface area contributed by atoms with E-state index in [1.165, 1.54) is 5.56 Å². The Morgan fingerprint density at radius 3 is 2.77 bits per heavy atom. The fraction of sp³-hybridized carbons (Fsp3) is 0.412. The highest BCUT2D eigenvalue weighted by Gasteiger charge is 2.23. The van der Waals surface area contributed by atoms with Gasteiger partial charge in [-0.05, 0) is 26.8 Å². The molecule has 1 fully saturated rings. The molecule has 22 heavy (non-hydrogen) atoms. The lowest BCUT2D eigenvalue weighted by molar-refractivity contribution is -0.122. The SMILES string of the molecule is Cc1ccc(-c2nc(CN(C)CC(=O)NC3CC3)cs2)cc1. The van der Waals surface area contributed by atoms with Crippen molar-refractivity contribution in [1.29, 1.82) is 0 Å². The molecule has 3 rings (SSSR count). The Bertz CT molecular complexity index is 646. The van der Waals surface area contributed by atoms with Crippen LogP contribution in [0, 0.1) is 6.92 Å². The van der Waals surface area contributed by atoms with Crippen molar-refractivity contribution in [2.45, 2.75) is 32.4 Å². The largest absolute Gasteiger partial charge is 0.352 e. The summed E-state index contributed by atoms with van der Waals surface area (Å²) in [5, 5.41) is 6.12. The van der Waals surface area contributed by atoms with Crippen molar-refractivity contribution >= 4 is 17.2 Å². The summed E-state index contributed by atoms with van der Waals surface area (Å²) in [7, 11) is 1.96. The number of aryl methyl sites for hydroxylation is 1. The first-order chi connectivity index (χ1) is 10.6. The summed E-state index contributed by atoms with van der Waals surface area (Å²) >= 11 is 1.65. The third kappa shape index (κ3) is 4.15. The molecule has 1 aromatic carbocycles. The van der Waals surface area contributed by atoms with Gasteiger partial charge in [0.15, 0.2) is 0 Å². The quantitative estimate of drug-likeness (QED) is 0.891. The lowest BCUT2D eigenvalue weighted by Gasteiger charge is -2.14. The highest BCUT2D eigenvalue weighted by molar-refractivity contribution is 7.13. The first-order valence-electron chi connectivity index (χ1n) is 7.59. The molecule has 0 bridgehead atoms. The van der Waals surface area contributed by atoms with E-state index in [4.69, 9.17) is 0 Å². The summed E-state index contributed by atoms with van der Waals surface area (Å²) < 4.78 is 0. The molecule has 5 heteroatoms. The van der Waals surface area contributed by atoms with Gasteiger partial charge in [-0.15, -0.1) is 11.3 Å². The smallest absolute Gasteiger partial charge is 0.234 e. The zero-order valence-corrected chi connectivity index (χ0v) is 13.8. The Hall–Kier alpha value is -1.72. The summed E-state index contributed by atoms with van der Waals surface area (Å²) in [6.07, 6.45) is 2.25. The highest BCUT2D eigenvalue weighted by Crippen LogP contribution is 2.24. The number of carbonyl (C=O) groups is 1. The Morgan fingerprint density at radius 1 is 1.36 bits per heavy atom. The Kier molecular flexibility index (Phi) is 4.55. The molecule has 1 saturated carbocycles. The normalized spacial score (nSPS) is 14.3. The number of benzene rings is 1. The van der Waals surface area contributed by atoms with Gasteiger partial charge in [0.05, 0.1) is 12.2 Å². The molecule has 0 saturated heterocycles. The second-order valence-electron chi connectivity index (χ2n) is 6.02. The number of hydrogen-bond donors (Lipinski definition) is 1. The summed E-state index contributed by atoms with van der Waals surface area (Å²) in [5.74, 6) is 0.110. The number of hydrogen-bond acceptors (Lipinski definition) is 4. The second-order valence-corrected chi connectivity index (χ2v) is 6.88. The maximum atomic E-state index is 11.8. The van der Waals surface area contributed by atoms with E-state index in [0.29, 0.717) is 19.1 Å². The summed E-state index contributed by atoms with van der Waals surface area (Å²) in [6, 6.07) is 8.83. The van der Waals surface area contributed by atoms with Gasteiger partial charge in [0, 0.05) is 23.5 Å². The van der Waals surface area contributed by atoms with Crippen LogP contribution in [0.15, 0.2) is 29.6 Å². The molecular formula is C17H21N3OS. The lowest BCUT2D eigenvalue weighted by atomic mass is 10.2. The van der Waals surface area contributed by atoms with E-state index in [-0.39, 0.29) is 5.91 Å². The maximum Gasteiger partial charge on any atom is 0.234 e. The number of aromatic nitrogens is 1. The standard InChI is InChI=1S/C17H21N3OS/c1-12-3-5-13(6-4-12)17-19-15(11-22-17)9-20(2)10-16(21)18-14-7-8-14/h3-6,11,14H,7-10H2,1-2H3,(H,18,21). The third-order valence-corrected chi connectivity index (χ3v) is 4.58. The lowest BCUT2D eigenvalue weighted by Crippen LogP contribution is -2.35. The van der Waals surface area contributed by atoms with E-state index in [0.717, 1.165) is 29.1 Å². The molecule has 0 radical (unpaired) electrons. The minimum atomic E-state index is 0.110. The van der Waals surface area contributed by atoms with Gasteiger partial charge in [-0.2, -0.15) is 0 Å². The van der Waals surface area contributed by atoms with E-state index in [9.17, 15) is 4.79 Å². The van der Waals surface area contributed by atoms with E-state index >= 15 is 0 Å². The van der Waals surface area contributed by atoms with Crippen LogP contribution in [0.5, 0.6) is 0 Å². The number of likely N-dealkylation sites (N-methyl/N-ethyl adjacent to an activating group) is 1. The minimum absolute atomic E-state index is 0.110. The molecule has 0 aliphatic heterocycles. The van der Waals surface area contributed by atoms with Crippen molar-refractivity contribution in [2.75, 3.05) is 13.6 Å². The molecule has 1 amide bonds. The van der Waals surface area contributed by atoms with Crippen molar-refractivity contribution in [3.05, 3.63) is 40.9 Å². The number of nitrogens with zero attached hydrogens (tertiary/aromatic N) is 2. The maximum absolute atomic E-state index is 11.8. The first-order valence-corrected chi connectivity index (χ1v) is 8.47. The number of carbonyl (C=O) groups excluding carboxylic acids is 1. The number of thiazole rings is 1. The van der Waals surface area contributed by atoms with E-state index < -0.39 is 0 Å². The van der Waals surface area contributed by atoms with Crippen LogP contribution in [0.2, 0.25) is 0 Å². The van der Waals surface area contributed by atoms with E-state index in [2.05, 4.69) is 46.9 Å². The van der Waals surface area contributed by atoms with Crippen LogP contribution < -0.4 is 5.32 Å². The van der Waals surface area contributed by atoms with Gasteiger partial charge in [-0.3, -0.25) is 9.69 Å². The monoisotopic (exact) mass is 315 g/mol. The van der Waals surface area contributed by atoms with Crippen LogP contribution in [-0.4, -0.2) is 35.4 Å². The van der Waals surface area contributed by atoms with Crippen molar-refractivity contribution in [3.63, 3.8) is 0 Å². The van der Waals surface area contributed by atoms with Crippen LogP contribution >= 0.6 is 11.3 Å². The predicted molar refractivity (Wildman–Crippen MR) is 89.8 cm³/mol. The predicted octanol–water partition coefficient (Wildman–Crippen LogP) is 2.83. The van der Waals surface area contributed by atoms with Crippen molar-refractivity contribution < 1.29 is 4.79 Å². The third-order valence-electron chi connectivity index (χ3n) is 3.64. The molecule has 2 aromatic rings. The van der Waals surface area contributed by atoms with Gasteiger partial charge in [0.2, 0.25) is 5.91 Å². The highest BCUT2D eigenvalue weighted by atomic mass is 32.1. The topological polar surface area (TPSA) is 45.2 Å². The van der Waals surface area contributed by atoms with Gasteiger partial charge in [0.25, 0.3) is 0 Å². The summed E-state index contributed by atoms with van der Waals surface area (Å²) in [6.45, 7) is 3.20. The minimum Gasteiger partial charge on any atom is -0.352 e. The van der Waals surface area contributed by atoms with Gasteiger partial charge in [-0.25, -0.2) is 4.98 Å². The molecule has 1 heterocycles. The Balaban J connectivity index is 1.56. The van der Waals surface area contributed by atoms with Crippen LogP contribution in [0.4, 0.5) is 0 Å². The number of nitrogens with one attached hydrogen (secondary N) is 1. The van der Waals surface area contributed by atoms with Crippen LogP contribution in [0.25, 0.3) is 10.6 Å². The van der Waals surface area contributed by atoms with Crippen molar-refractivity contribution in [3.8, 4) is 10.6 Å². The molecule has 1 aliphatic carbocycles. The summed E-state index contributed by atoms with van der Waals surface area (Å²) in [4.78, 5) is 18.5. The van der Waals surface area contributed by atoms with Crippen LogP contribution in [0.3, 0.4) is 0 Å². The van der Waals surface area contributed by atoms with Crippen molar-refractivity contribution in [2.24, 2.45) is 0 Å². The number of amides is 1. The zero-order valence-electron chi connectivity index (χ0n) is 13.0.